The van der Waals surface area contributed by atoms with Gasteiger partial charge in [0.25, 0.3) is 0 Å². The second-order valence-electron chi connectivity index (χ2n) is 6.91. The standard InChI is InChI=1S/C19H30N4O2/c1-4-22(14-18(24)21-15(2)3)19(25)17-7-5-6-12-23(17)13-16-8-10-20-11-9-16/h8-11,15,17H,4-7,12-14H2,1-3H3,(H,21,24)/t17-/m0/s1. The normalized spacial score (nSPS) is 18.2. The summed E-state index contributed by atoms with van der Waals surface area (Å²) in [5, 5.41) is 2.86. The number of piperidine rings is 1. The van der Waals surface area contributed by atoms with Crippen LogP contribution in [0.3, 0.4) is 0 Å². The van der Waals surface area contributed by atoms with Crippen LogP contribution in [0, 0.1) is 0 Å². The van der Waals surface area contributed by atoms with Gasteiger partial charge in [0.15, 0.2) is 0 Å². The van der Waals surface area contributed by atoms with Crippen molar-refractivity contribution in [2.75, 3.05) is 19.6 Å². The Morgan fingerprint density at radius 1 is 1.32 bits per heavy atom. The van der Waals surface area contributed by atoms with E-state index < -0.39 is 0 Å². The summed E-state index contributed by atoms with van der Waals surface area (Å²) >= 11 is 0. The van der Waals surface area contributed by atoms with E-state index in [1.54, 1.807) is 17.3 Å². The average molecular weight is 346 g/mol. The van der Waals surface area contributed by atoms with Crippen LogP contribution in [0.2, 0.25) is 0 Å². The Hall–Kier alpha value is -1.95. The molecule has 1 aliphatic rings. The van der Waals surface area contributed by atoms with Crippen LogP contribution >= 0.6 is 0 Å². The summed E-state index contributed by atoms with van der Waals surface area (Å²) < 4.78 is 0. The van der Waals surface area contributed by atoms with Crippen molar-refractivity contribution in [2.24, 2.45) is 0 Å². The van der Waals surface area contributed by atoms with Crippen LogP contribution in [-0.4, -0.2) is 58.3 Å². The molecule has 1 aromatic rings. The lowest BCUT2D eigenvalue weighted by Gasteiger charge is -2.37. The highest BCUT2D eigenvalue weighted by atomic mass is 16.2. The molecule has 2 amide bonds. The minimum Gasteiger partial charge on any atom is -0.352 e. The Morgan fingerprint density at radius 2 is 2.04 bits per heavy atom. The van der Waals surface area contributed by atoms with E-state index in [0.29, 0.717) is 6.54 Å². The number of carbonyl (C=O) groups excluding carboxylic acids is 2. The number of amides is 2. The summed E-state index contributed by atoms with van der Waals surface area (Å²) in [6, 6.07) is 3.92. The third-order valence-corrected chi connectivity index (χ3v) is 4.51. The number of aromatic nitrogens is 1. The second kappa shape index (κ2) is 9.51. The largest absolute Gasteiger partial charge is 0.352 e. The zero-order valence-electron chi connectivity index (χ0n) is 15.6. The Bertz CT molecular complexity index is 562. The fourth-order valence-electron chi connectivity index (χ4n) is 3.28. The van der Waals surface area contributed by atoms with Crippen molar-refractivity contribution in [3.63, 3.8) is 0 Å². The van der Waals surface area contributed by atoms with E-state index in [0.717, 1.165) is 37.9 Å². The molecule has 2 heterocycles. The van der Waals surface area contributed by atoms with E-state index in [1.165, 1.54) is 0 Å². The van der Waals surface area contributed by atoms with E-state index in [9.17, 15) is 9.59 Å². The number of hydrogen-bond acceptors (Lipinski definition) is 4. The number of likely N-dealkylation sites (tertiary alicyclic amines) is 1. The first-order chi connectivity index (χ1) is 12.0. The maximum absolute atomic E-state index is 13.0. The van der Waals surface area contributed by atoms with Crippen LogP contribution < -0.4 is 5.32 Å². The van der Waals surface area contributed by atoms with E-state index in [-0.39, 0.29) is 30.4 Å². The molecule has 1 N–H and O–H groups in total. The molecule has 0 spiro atoms. The lowest BCUT2D eigenvalue weighted by Crippen LogP contribution is -2.52. The van der Waals surface area contributed by atoms with Gasteiger partial charge in [0.05, 0.1) is 12.6 Å². The molecule has 0 aliphatic carbocycles. The lowest BCUT2D eigenvalue weighted by molar-refractivity contribution is -0.141. The minimum absolute atomic E-state index is 0.0650. The summed E-state index contributed by atoms with van der Waals surface area (Å²) in [5.41, 5.74) is 1.16. The minimum atomic E-state index is -0.145. The van der Waals surface area contributed by atoms with Gasteiger partial charge in [0.1, 0.15) is 0 Å². The molecule has 1 atom stereocenters. The molecule has 2 rings (SSSR count). The van der Waals surface area contributed by atoms with Crippen LogP contribution in [-0.2, 0) is 16.1 Å². The van der Waals surface area contributed by atoms with Gasteiger partial charge in [-0.3, -0.25) is 19.5 Å². The fraction of sp³-hybridized carbons (Fsp3) is 0.632. The van der Waals surface area contributed by atoms with Crippen molar-refractivity contribution in [1.82, 2.24) is 20.1 Å². The predicted octanol–water partition coefficient (Wildman–Crippen LogP) is 1.81. The van der Waals surface area contributed by atoms with Crippen molar-refractivity contribution in [1.29, 1.82) is 0 Å². The average Bonchev–Trinajstić information content (AvgIpc) is 2.60. The number of rotatable bonds is 7. The van der Waals surface area contributed by atoms with Crippen molar-refractivity contribution in [3.05, 3.63) is 30.1 Å². The highest BCUT2D eigenvalue weighted by molar-refractivity contribution is 5.87. The SMILES string of the molecule is CCN(CC(=O)NC(C)C)C(=O)[C@@H]1CCCCN1Cc1ccncc1. The van der Waals surface area contributed by atoms with Gasteiger partial charge in [-0.15, -0.1) is 0 Å². The molecule has 0 unspecified atom stereocenters. The lowest BCUT2D eigenvalue weighted by atomic mass is 10.00. The highest BCUT2D eigenvalue weighted by Crippen LogP contribution is 2.21. The van der Waals surface area contributed by atoms with Crippen LogP contribution in [0.1, 0.15) is 45.6 Å². The Balaban J connectivity index is 2.03. The van der Waals surface area contributed by atoms with Gasteiger partial charge in [-0.25, -0.2) is 0 Å². The predicted molar refractivity (Wildman–Crippen MR) is 97.8 cm³/mol. The molecule has 138 valence electrons. The maximum Gasteiger partial charge on any atom is 0.240 e. The molecule has 0 aromatic carbocycles. The zero-order valence-corrected chi connectivity index (χ0v) is 15.6. The van der Waals surface area contributed by atoms with Gasteiger partial charge in [-0.1, -0.05) is 6.42 Å². The van der Waals surface area contributed by atoms with Gasteiger partial charge in [0.2, 0.25) is 11.8 Å². The van der Waals surface area contributed by atoms with Crippen molar-refractivity contribution in [3.8, 4) is 0 Å². The van der Waals surface area contributed by atoms with Crippen molar-refractivity contribution >= 4 is 11.8 Å². The number of hydrogen-bond donors (Lipinski definition) is 1. The molecule has 1 aromatic heterocycles. The van der Waals surface area contributed by atoms with Crippen LogP contribution in [0.15, 0.2) is 24.5 Å². The van der Waals surface area contributed by atoms with Crippen LogP contribution in [0.4, 0.5) is 0 Å². The number of likely N-dealkylation sites (N-methyl/N-ethyl adjacent to an activating group) is 1. The first kappa shape index (κ1) is 19.4. The molecule has 1 fully saturated rings. The van der Waals surface area contributed by atoms with E-state index >= 15 is 0 Å². The van der Waals surface area contributed by atoms with Gasteiger partial charge in [0, 0.05) is 31.5 Å². The maximum atomic E-state index is 13.0. The van der Waals surface area contributed by atoms with E-state index in [1.807, 2.05) is 32.9 Å². The number of pyridine rings is 1. The summed E-state index contributed by atoms with van der Waals surface area (Å²) in [6.45, 7) is 8.11. The monoisotopic (exact) mass is 346 g/mol. The summed E-state index contributed by atoms with van der Waals surface area (Å²) in [6.07, 6.45) is 6.58. The first-order valence-electron chi connectivity index (χ1n) is 9.22. The topological polar surface area (TPSA) is 65.5 Å². The highest BCUT2D eigenvalue weighted by Gasteiger charge is 2.32. The Kier molecular flexibility index (Phi) is 7.37. The van der Waals surface area contributed by atoms with Gasteiger partial charge < -0.3 is 10.2 Å². The molecule has 1 aliphatic heterocycles. The molecular formula is C19H30N4O2. The molecule has 0 saturated carbocycles. The van der Waals surface area contributed by atoms with E-state index in [2.05, 4.69) is 15.2 Å². The van der Waals surface area contributed by atoms with Crippen molar-refractivity contribution in [2.45, 2.75) is 58.7 Å². The Morgan fingerprint density at radius 3 is 2.68 bits per heavy atom. The number of nitrogens with zero attached hydrogens (tertiary/aromatic N) is 3. The molecule has 1 saturated heterocycles. The van der Waals surface area contributed by atoms with Crippen LogP contribution in [0.25, 0.3) is 0 Å². The third kappa shape index (κ3) is 5.81. The third-order valence-electron chi connectivity index (χ3n) is 4.51. The molecule has 6 heteroatoms. The first-order valence-corrected chi connectivity index (χ1v) is 9.22. The van der Waals surface area contributed by atoms with Crippen molar-refractivity contribution < 1.29 is 9.59 Å². The summed E-state index contributed by atoms with van der Waals surface area (Å²) in [4.78, 5) is 33.1. The quantitative estimate of drug-likeness (QED) is 0.818. The zero-order chi connectivity index (χ0) is 18.2. The molecule has 0 bridgehead atoms. The smallest absolute Gasteiger partial charge is 0.240 e. The molecular weight excluding hydrogens is 316 g/mol. The number of carbonyl (C=O) groups is 2. The van der Waals surface area contributed by atoms with Gasteiger partial charge in [-0.2, -0.15) is 0 Å². The second-order valence-corrected chi connectivity index (χ2v) is 6.91. The molecule has 0 radical (unpaired) electrons. The van der Waals surface area contributed by atoms with Crippen LogP contribution in [0.5, 0.6) is 0 Å². The molecule has 6 nitrogen and oxygen atoms in total. The fourth-order valence-corrected chi connectivity index (χ4v) is 3.28. The van der Waals surface area contributed by atoms with Gasteiger partial charge >= 0.3 is 0 Å². The summed E-state index contributed by atoms with van der Waals surface area (Å²) in [5.74, 6) is -0.0307. The Labute approximate surface area is 150 Å². The van der Waals surface area contributed by atoms with Gasteiger partial charge in [-0.05, 0) is 57.9 Å². The number of nitrogens with one attached hydrogen (secondary N) is 1. The van der Waals surface area contributed by atoms with E-state index in [4.69, 9.17) is 0 Å². The summed E-state index contributed by atoms with van der Waals surface area (Å²) in [7, 11) is 0. The molecule has 25 heavy (non-hydrogen) atoms.